The van der Waals surface area contributed by atoms with Crippen LogP contribution < -0.4 is 10.6 Å². The molecular weight excluding hydrogens is 292 g/mol. The van der Waals surface area contributed by atoms with E-state index in [9.17, 15) is 4.79 Å². The van der Waals surface area contributed by atoms with Gasteiger partial charge < -0.3 is 10.6 Å². The predicted molar refractivity (Wildman–Crippen MR) is 90.1 cm³/mol. The largest absolute Gasteiger partial charge is 0.355 e. The molecule has 0 saturated carbocycles. The minimum absolute atomic E-state index is 0. The van der Waals surface area contributed by atoms with Crippen molar-refractivity contribution in [2.24, 2.45) is 0 Å². The van der Waals surface area contributed by atoms with Crippen molar-refractivity contribution in [2.45, 2.75) is 46.5 Å². The van der Waals surface area contributed by atoms with Crippen LogP contribution in [0.5, 0.6) is 0 Å². The smallest absolute Gasteiger partial charge is 0.220 e. The summed E-state index contributed by atoms with van der Waals surface area (Å²) >= 11 is 1.84. The van der Waals surface area contributed by atoms with Gasteiger partial charge >= 0.3 is 0 Å². The fourth-order valence-corrected chi connectivity index (χ4v) is 3.03. The zero-order chi connectivity index (χ0) is 14.1. The monoisotopic (exact) mass is 318 g/mol. The number of hydrogen-bond acceptors (Lipinski definition) is 3. The molecule has 0 aliphatic rings. The first-order valence-electron chi connectivity index (χ1n) is 7.16. The molecule has 0 spiro atoms. The van der Waals surface area contributed by atoms with E-state index in [1.54, 1.807) is 0 Å². The van der Waals surface area contributed by atoms with E-state index < -0.39 is 0 Å². The highest BCUT2D eigenvalue weighted by molar-refractivity contribution is 7.12. The topological polar surface area (TPSA) is 41.1 Å². The van der Waals surface area contributed by atoms with E-state index in [0.717, 1.165) is 38.9 Å². The van der Waals surface area contributed by atoms with E-state index >= 15 is 0 Å². The molecule has 1 rings (SSSR count). The Morgan fingerprint density at radius 3 is 2.60 bits per heavy atom. The molecule has 1 aromatic rings. The van der Waals surface area contributed by atoms with Crippen molar-refractivity contribution in [2.75, 3.05) is 19.6 Å². The molecule has 1 amide bonds. The Labute approximate surface area is 133 Å². The van der Waals surface area contributed by atoms with Crippen molar-refractivity contribution >= 4 is 29.7 Å². The number of halogens is 1. The van der Waals surface area contributed by atoms with Gasteiger partial charge in [-0.2, -0.15) is 0 Å². The lowest BCUT2D eigenvalue weighted by Gasteiger charge is -2.06. The normalized spacial score (nSPS) is 10.2. The molecule has 3 nitrogen and oxygen atoms in total. The third-order valence-corrected chi connectivity index (χ3v) is 4.05. The molecule has 2 N–H and O–H groups in total. The molecule has 0 saturated heterocycles. The molecule has 0 aliphatic carbocycles. The van der Waals surface area contributed by atoms with E-state index in [1.165, 1.54) is 15.3 Å². The molecule has 5 heteroatoms. The van der Waals surface area contributed by atoms with Crippen molar-refractivity contribution in [3.8, 4) is 0 Å². The van der Waals surface area contributed by atoms with Gasteiger partial charge in [0, 0.05) is 29.3 Å². The molecule has 0 aliphatic heterocycles. The van der Waals surface area contributed by atoms with Crippen LogP contribution in [0.2, 0.25) is 0 Å². The van der Waals surface area contributed by atoms with Gasteiger partial charge in [-0.05, 0) is 51.3 Å². The first-order chi connectivity index (χ1) is 9.13. The number of hydrogen-bond donors (Lipinski definition) is 2. The summed E-state index contributed by atoms with van der Waals surface area (Å²) in [5, 5.41) is 6.22. The van der Waals surface area contributed by atoms with Crippen molar-refractivity contribution < 1.29 is 4.79 Å². The lowest BCUT2D eigenvalue weighted by molar-refractivity contribution is -0.121. The molecule has 0 radical (unpaired) electrons. The number of carbonyl (C=O) groups excluding carboxylic acids is 1. The Bertz CT molecular complexity index is 393. The van der Waals surface area contributed by atoms with Gasteiger partial charge in [0.2, 0.25) is 5.91 Å². The third kappa shape index (κ3) is 7.88. The van der Waals surface area contributed by atoms with E-state index in [4.69, 9.17) is 0 Å². The molecule has 0 atom stereocenters. The van der Waals surface area contributed by atoms with Crippen molar-refractivity contribution in [3.63, 3.8) is 0 Å². The van der Waals surface area contributed by atoms with Gasteiger partial charge in [0.1, 0.15) is 0 Å². The highest BCUT2D eigenvalue weighted by Crippen LogP contribution is 2.21. The Hall–Kier alpha value is -0.580. The Morgan fingerprint density at radius 1 is 1.25 bits per heavy atom. The number of thiophene rings is 1. The van der Waals surface area contributed by atoms with Crippen molar-refractivity contribution in [1.29, 1.82) is 0 Å². The molecule has 0 aromatic carbocycles. The maximum atomic E-state index is 11.6. The third-order valence-electron chi connectivity index (χ3n) is 3.04. The van der Waals surface area contributed by atoms with Crippen LogP contribution in [0.3, 0.4) is 0 Å². The second-order valence-electron chi connectivity index (χ2n) is 4.89. The first kappa shape index (κ1) is 19.4. The molecule has 0 unspecified atom stereocenters. The Balaban J connectivity index is 0.00000361. The van der Waals surface area contributed by atoms with Crippen LogP contribution in [0.4, 0.5) is 0 Å². The van der Waals surface area contributed by atoms with E-state index in [-0.39, 0.29) is 18.3 Å². The van der Waals surface area contributed by atoms with Crippen LogP contribution in [0, 0.1) is 13.8 Å². The quantitative estimate of drug-likeness (QED) is 0.686. The number of nitrogens with one attached hydrogen (secondary N) is 2. The molecule has 0 bridgehead atoms. The van der Waals surface area contributed by atoms with Crippen LogP contribution in [0.25, 0.3) is 0 Å². The number of rotatable bonds is 9. The zero-order valence-corrected chi connectivity index (χ0v) is 14.4. The molecule has 0 fully saturated rings. The minimum atomic E-state index is 0. The fourth-order valence-electron chi connectivity index (χ4n) is 2.05. The molecule has 1 heterocycles. The first-order valence-corrected chi connectivity index (χ1v) is 7.98. The van der Waals surface area contributed by atoms with Gasteiger partial charge in [0.15, 0.2) is 0 Å². The summed E-state index contributed by atoms with van der Waals surface area (Å²) < 4.78 is 0. The van der Waals surface area contributed by atoms with Gasteiger partial charge in [-0.3, -0.25) is 4.79 Å². The second kappa shape index (κ2) is 11.1. The standard InChI is InChI=1S/C15H26N2OS.ClH/c1-4-8-16-9-10-17-15(18)7-5-6-14-11-12(2)19-13(14)3;/h11,16H,4-10H2,1-3H3,(H,17,18);1H. The van der Waals surface area contributed by atoms with E-state index in [1.807, 2.05) is 11.3 Å². The summed E-state index contributed by atoms with van der Waals surface area (Å²) in [5.74, 6) is 0.169. The maximum absolute atomic E-state index is 11.6. The summed E-state index contributed by atoms with van der Waals surface area (Å²) in [7, 11) is 0. The highest BCUT2D eigenvalue weighted by Gasteiger charge is 2.05. The number of carbonyl (C=O) groups is 1. The van der Waals surface area contributed by atoms with E-state index in [2.05, 4.69) is 37.5 Å². The predicted octanol–water partition coefficient (Wildman–Crippen LogP) is 3.23. The van der Waals surface area contributed by atoms with Crippen molar-refractivity contribution in [1.82, 2.24) is 10.6 Å². The zero-order valence-electron chi connectivity index (χ0n) is 12.8. The maximum Gasteiger partial charge on any atom is 0.220 e. The Kier molecular flexibility index (Phi) is 10.8. The minimum Gasteiger partial charge on any atom is -0.355 e. The average Bonchev–Trinajstić information content (AvgIpc) is 2.68. The number of amides is 1. The summed E-state index contributed by atoms with van der Waals surface area (Å²) in [6, 6.07) is 2.24. The van der Waals surface area contributed by atoms with Crippen LogP contribution >= 0.6 is 23.7 Å². The Morgan fingerprint density at radius 2 is 2.00 bits per heavy atom. The molecule has 20 heavy (non-hydrogen) atoms. The van der Waals surface area contributed by atoms with Gasteiger partial charge in [-0.25, -0.2) is 0 Å². The average molecular weight is 319 g/mol. The number of aryl methyl sites for hydroxylation is 3. The van der Waals surface area contributed by atoms with Crippen LogP contribution in [0.1, 0.15) is 41.5 Å². The van der Waals surface area contributed by atoms with Gasteiger partial charge in [-0.1, -0.05) is 6.92 Å². The molecule has 116 valence electrons. The second-order valence-corrected chi connectivity index (χ2v) is 6.35. The summed E-state index contributed by atoms with van der Waals surface area (Å²) in [6.07, 6.45) is 3.71. The highest BCUT2D eigenvalue weighted by atomic mass is 35.5. The summed E-state index contributed by atoms with van der Waals surface area (Å²) in [6.45, 7) is 9.05. The molecular formula is C15H27ClN2OS. The molecule has 1 aromatic heterocycles. The van der Waals surface area contributed by atoms with Gasteiger partial charge in [0.25, 0.3) is 0 Å². The van der Waals surface area contributed by atoms with Crippen LogP contribution in [0.15, 0.2) is 6.07 Å². The van der Waals surface area contributed by atoms with Crippen LogP contribution in [-0.2, 0) is 11.2 Å². The lowest BCUT2D eigenvalue weighted by Crippen LogP contribution is -2.31. The van der Waals surface area contributed by atoms with Gasteiger partial charge in [-0.15, -0.1) is 23.7 Å². The van der Waals surface area contributed by atoms with Gasteiger partial charge in [0.05, 0.1) is 0 Å². The summed E-state index contributed by atoms with van der Waals surface area (Å²) in [5.41, 5.74) is 1.40. The lowest BCUT2D eigenvalue weighted by atomic mass is 10.1. The van der Waals surface area contributed by atoms with Crippen molar-refractivity contribution in [3.05, 3.63) is 21.4 Å². The van der Waals surface area contributed by atoms with Crippen LogP contribution in [-0.4, -0.2) is 25.5 Å². The summed E-state index contributed by atoms with van der Waals surface area (Å²) in [4.78, 5) is 14.4. The fraction of sp³-hybridized carbons (Fsp3) is 0.667. The SMILES string of the molecule is CCCNCCNC(=O)CCCc1cc(C)sc1C.Cl. The van der Waals surface area contributed by atoms with E-state index in [0.29, 0.717) is 6.42 Å².